The predicted octanol–water partition coefficient (Wildman–Crippen LogP) is 3.15. The van der Waals surface area contributed by atoms with Gasteiger partial charge in [0.25, 0.3) is 0 Å². The van der Waals surface area contributed by atoms with Crippen LogP contribution < -0.4 is 10.6 Å². The Hall–Kier alpha value is -0.300. The summed E-state index contributed by atoms with van der Waals surface area (Å²) in [5.74, 6) is 1.92. The summed E-state index contributed by atoms with van der Waals surface area (Å²) in [5, 5.41) is 6.37. The van der Waals surface area contributed by atoms with Crippen molar-refractivity contribution in [3.63, 3.8) is 0 Å². The van der Waals surface area contributed by atoms with Crippen LogP contribution in [0.3, 0.4) is 0 Å². The lowest BCUT2D eigenvalue weighted by Crippen LogP contribution is -2.43. The number of halogens is 3. The van der Waals surface area contributed by atoms with Crippen LogP contribution >= 0.6 is 40.1 Å². The Kier molecular flexibility index (Phi) is 8.75. The highest BCUT2D eigenvalue weighted by atomic mass is 79.9. The summed E-state index contributed by atoms with van der Waals surface area (Å²) in [5.41, 5.74) is 1.00. The number of amides is 1. The number of rotatable bonds is 5. The maximum Gasteiger partial charge on any atom is 0.221 e. The third kappa shape index (κ3) is 6.44. The van der Waals surface area contributed by atoms with Gasteiger partial charge >= 0.3 is 0 Å². The van der Waals surface area contributed by atoms with Crippen molar-refractivity contribution in [2.24, 2.45) is 0 Å². The molecular formula is C15H21BrClFN2OS. The van der Waals surface area contributed by atoms with E-state index in [9.17, 15) is 9.18 Å². The Morgan fingerprint density at radius 2 is 2.36 bits per heavy atom. The molecule has 22 heavy (non-hydrogen) atoms. The molecule has 2 atom stereocenters. The first-order chi connectivity index (χ1) is 10.0. The second-order valence-corrected chi connectivity index (χ2v) is 7.36. The minimum absolute atomic E-state index is 0. The summed E-state index contributed by atoms with van der Waals surface area (Å²) in [4.78, 5) is 12.0. The average Bonchev–Trinajstić information content (AvgIpc) is 2.43. The fourth-order valence-corrected chi connectivity index (χ4v) is 3.75. The van der Waals surface area contributed by atoms with Crippen molar-refractivity contribution in [2.45, 2.75) is 31.8 Å². The van der Waals surface area contributed by atoms with E-state index in [0.29, 0.717) is 17.3 Å². The smallest absolute Gasteiger partial charge is 0.221 e. The van der Waals surface area contributed by atoms with Crippen molar-refractivity contribution in [3.05, 3.63) is 34.1 Å². The molecule has 3 nitrogen and oxygen atoms in total. The quantitative estimate of drug-likeness (QED) is 0.782. The first-order valence-electron chi connectivity index (χ1n) is 7.09. The molecule has 0 bridgehead atoms. The van der Waals surface area contributed by atoms with Crippen molar-refractivity contribution >= 4 is 46.0 Å². The molecular weight excluding hydrogens is 391 g/mol. The molecule has 0 saturated carbocycles. The van der Waals surface area contributed by atoms with E-state index in [2.05, 4.69) is 26.6 Å². The van der Waals surface area contributed by atoms with Crippen molar-refractivity contribution in [2.75, 3.05) is 18.1 Å². The Morgan fingerprint density at radius 3 is 3.00 bits per heavy atom. The van der Waals surface area contributed by atoms with Crippen LogP contribution in [0.5, 0.6) is 0 Å². The van der Waals surface area contributed by atoms with Crippen LogP contribution in [0, 0.1) is 5.82 Å². The molecule has 1 fully saturated rings. The van der Waals surface area contributed by atoms with Crippen molar-refractivity contribution < 1.29 is 9.18 Å². The van der Waals surface area contributed by atoms with Gasteiger partial charge in [-0.1, -0.05) is 6.07 Å². The highest BCUT2D eigenvalue weighted by Crippen LogP contribution is 2.18. The SMILES string of the molecule is CC(Cc1ccc(F)c(Br)c1)NC(=O)CC1CSCCN1.Cl. The number of thioether (sulfide) groups is 1. The largest absolute Gasteiger partial charge is 0.353 e. The molecule has 124 valence electrons. The Labute approximate surface area is 149 Å². The molecule has 0 spiro atoms. The molecule has 1 aliphatic heterocycles. The summed E-state index contributed by atoms with van der Waals surface area (Å²) in [6, 6.07) is 5.26. The number of benzene rings is 1. The molecule has 2 rings (SSSR count). The van der Waals surface area contributed by atoms with Gasteiger partial charge in [-0.2, -0.15) is 11.8 Å². The maximum atomic E-state index is 13.2. The van der Waals surface area contributed by atoms with E-state index < -0.39 is 0 Å². The molecule has 1 aliphatic rings. The zero-order valence-electron chi connectivity index (χ0n) is 12.4. The van der Waals surface area contributed by atoms with Crippen molar-refractivity contribution in [1.82, 2.24) is 10.6 Å². The topological polar surface area (TPSA) is 41.1 Å². The zero-order chi connectivity index (χ0) is 15.2. The van der Waals surface area contributed by atoms with Crippen LogP contribution in [0.25, 0.3) is 0 Å². The Bertz CT molecular complexity index is 500. The maximum absolute atomic E-state index is 13.2. The van der Waals surface area contributed by atoms with E-state index in [1.54, 1.807) is 12.1 Å². The predicted molar refractivity (Wildman–Crippen MR) is 96.4 cm³/mol. The Balaban J connectivity index is 0.00000242. The third-order valence-electron chi connectivity index (χ3n) is 3.36. The van der Waals surface area contributed by atoms with Gasteiger partial charge in [0.15, 0.2) is 0 Å². The van der Waals surface area contributed by atoms with Crippen LogP contribution in [0.4, 0.5) is 4.39 Å². The monoisotopic (exact) mass is 410 g/mol. The standard InChI is InChI=1S/C15H20BrFN2OS.ClH/c1-10(6-11-2-3-14(17)13(16)7-11)19-15(20)8-12-9-21-5-4-18-12;/h2-3,7,10,12,18H,4-6,8-9H2,1H3,(H,19,20);1H. The van der Waals surface area contributed by atoms with Gasteiger partial charge < -0.3 is 10.6 Å². The minimum atomic E-state index is -0.267. The zero-order valence-corrected chi connectivity index (χ0v) is 15.6. The molecule has 0 radical (unpaired) electrons. The lowest BCUT2D eigenvalue weighted by molar-refractivity contribution is -0.122. The highest BCUT2D eigenvalue weighted by Gasteiger charge is 2.17. The van der Waals surface area contributed by atoms with Crippen LogP contribution in [-0.4, -0.2) is 36.0 Å². The van der Waals surface area contributed by atoms with Crippen LogP contribution in [0.2, 0.25) is 0 Å². The Morgan fingerprint density at radius 1 is 1.59 bits per heavy atom. The van der Waals surface area contributed by atoms with E-state index >= 15 is 0 Å². The molecule has 0 aliphatic carbocycles. The van der Waals surface area contributed by atoms with Gasteiger partial charge in [0.05, 0.1) is 4.47 Å². The van der Waals surface area contributed by atoms with Gasteiger partial charge in [0.2, 0.25) is 5.91 Å². The summed E-state index contributed by atoms with van der Waals surface area (Å²) in [6.07, 6.45) is 1.21. The highest BCUT2D eigenvalue weighted by molar-refractivity contribution is 9.10. The average molecular weight is 412 g/mol. The molecule has 0 aromatic heterocycles. The van der Waals surface area contributed by atoms with E-state index in [1.807, 2.05) is 18.7 Å². The molecule has 1 saturated heterocycles. The molecule has 1 amide bonds. The van der Waals surface area contributed by atoms with Crippen LogP contribution in [0.15, 0.2) is 22.7 Å². The molecule has 2 unspecified atom stereocenters. The van der Waals surface area contributed by atoms with Crippen molar-refractivity contribution in [1.29, 1.82) is 0 Å². The normalized spacial score (nSPS) is 19.1. The summed E-state index contributed by atoms with van der Waals surface area (Å²) in [7, 11) is 0. The van der Waals surface area contributed by atoms with E-state index in [1.165, 1.54) is 6.07 Å². The molecule has 7 heteroatoms. The summed E-state index contributed by atoms with van der Waals surface area (Å²) < 4.78 is 13.6. The van der Waals surface area contributed by atoms with Gasteiger partial charge in [-0.25, -0.2) is 4.39 Å². The van der Waals surface area contributed by atoms with E-state index in [-0.39, 0.29) is 36.2 Å². The lowest BCUT2D eigenvalue weighted by Gasteiger charge is -2.23. The fraction of sp³-hybridized carbons (Fsp3) is 0.533. The van der Waals surface area contributed by atoms with Crippen LogP contribution in [0.1, 0.15) is 18.9 Å². The second-order valence-electron chi connectivity index (χ2n) is 5.35. The lowest BCUT2D eigenvalue weighted by atomic mass is 10.1. The number of carbonyl (C=O) groups excluding carboxylic acids is 1. The van der Waals surface area contributed by atoms with Crippen LogP contribution in [-0.2, 0) is 11.2 Å². The van der Waals surface area contributed by atoms with Gasteiger partial charge in [0.1, 0.15) is 5.82 Å². The minimum Gasteiger partial charge on any atom is -0.353 e. The van der Waals surface area contributed by atoms with Gasteiger partial charge in [-0.15, -0.1) is 12.4 Å². The van der Waals surface area contributed by atoms with Gasteiger partial charge in [-0.3, -0.25) is 4.79 Å². The van der Waals surface area contributed by atoms with E-state index in [0.717, 1.165) is 23.6 Å². The number of nitrogens with one attached hydrogen (secondary N) is 2. The number of hydrogen-bond acceptors (Lipinski definition) is 3. The second kappa shape index (κ2) is 9.75. The summed E-state index contributed by atoms with van der Waals surface area (Å²) in [6.45, 7) is 2.94. The van der Waals surface area contributed by atoms with E-state index in [4.69, 9.17) is 0 Å². The van der Waals surface area contributed by atoms with Crippen molar-refractivity contribution in [3.8, 4) is 0 Å². The fourth-order valence-electron chi connectivity index (χ4n) is 2.38. The molecule has 2 N–H and O–H groups in total. The first kappa shape index (κ1) is 19.7. The third-order valence-corrected chi connectivity index (χ3v) is 5.10. The molecule has 1 aromatic carbocycles. The molecule has 1 heterocycles. The van der Waals surface area contributed by atoms with Gasteiger partial charge in [-0.05, 0) is 47.0 Å². The number of carbonyl (C=O) groups is 1. The first-order valence-corrected chi connectivity index (χ1v) is 9.04. The number of hydrogen-bond donors (Lipinski definition) is 2. The molecule has 1 aromatic rings. The van der Waals surface area contributed by atoms with Gasteiger partial charge in [0, 0.05) is 36.6 Å². The summed E-state index contributed by atoms with van der Waals surface area (Å²) >= 11 is 5.07.